The number of aromatic amines is 1. The first kappa shape index (κ1) is 24.4. The first-order valence-corrected chi connectivity index (χ1v) is 12.0. The molecule has 1 aliphatic heterocycles. The number of nitrogens with zero attached hydrogens (tertiary/aromatic N) is 3. The number of H-pyrrole nitrogens is 1. The normalized spacial score (nSPS) is 15.1. The Morgan fingerprint density at radius 3 is 2.70 bits per heavy atom. The van der Waals surface area contributed by atoms with Gasteiger partial charge < -0.3 is 10.1 Å². The maximum absolute atomic E-state index is 15.0. The molecule has 0 aliphatic carbocycles. The molecule has 1 fully saturated rings. The van der Waals surface area contributed by atoms with E-state index in [4.69, 9.17) is 16.3 Å². The first-order valence-electron chi connectivity index (χ1n) is 11.6. The van der Waals surface area contributed by atoms with Crippen LogP contribution in [0.15, 0.2) is 66.7 Å². The molecular weight excluding hydrogens is 501 g/mol. The highest BCUT2D eigenvalue weighted by atomic mass is 35.5. The van der Waals surface area contributed by atoms with Crippen LogP contribution in [0.5, 0.6) is 0 Å². The number of ether oxygens (including phenoxy) is 1. The summed E-state index contributed by atoms with van der Waals surface area (Å²) in [6, 6.07) is 18.2. The van der Waals surface area contributed by atoms with Gasteiger partial charge in [-0.3, -0.25) is 14.5 Å². The van der Waals surface area contributed by atoms with E-state index in [2.05, 4.69) is 15.6 Å². The third kappa shape index (κ3) is 5.29. The van der Waals surface area contributed by atoms with Crippen LogP contribution in [0.4, 0.5) is 14.9 Å². The summed E-state index contributed by atoms with van der Waals surface area (Å²) in [4.78, 5) is 38.2. The summed E-state index contributed by atoms with van der Waals surface area (Å²) >= 11 is 5.82. The Kier molecular flexibility index (Phi) is 6.82. The quantitative estimate of drug-likeness (QED) is 0.271. The maximum atomic E-state index is 15.0. The first-order chi connectivity index (χ1) is 17.9. The molecule has 0 spiro atoms. The van der Waals surface area contributed by atoms with Crippen molar-refractivity contribution in [3.63, 3.8) is 0 Å². The molecule has 0 radical (unpaired) electrons. The minimum atomic E-state index is -0.635. The molecule has 11 heteroatoms. The zero-order valence-electron chi connectivity index (χ0n) is 19.5. The predicted molar refractivity (Wildman–Crippen MR) is 133 cm³/mol. The van der Waals surface area contributed by atoms with Crippen molar-refractivity contribution in [2.45, 2.75) is 18.9 Å². The van der Waals surface area contributed by atoms with Gasteiger partial charge in [0.15, 0.2) is 17.3 Å². The molecule has 37 heavy (non-hydrogen) atoms. The number of amides is 2. The molecule has 2 heterocycles. The number of Topliss-reactive ketones (excluding diaryl/α,β-unsaturated/α-hetero) is 1. The van der Waals surface area contributed by atoms with Gasteiger partial charge in [0.05, 0.1) is 18.8 Å². The average Bonchev–Trinajstić information content (AvgIpc) is 3.49. The minimum Gasteiger partial charge on any atom is -0.442 e. The Bertz CT molecular complexity index is 1490. The van der Waals surface area contributed by atoms with Gasteiger partial charge in [-0.15, -0.1) is 4.68 Å². The number of carbonyl (C=O) groups excluding carboxylic acids is 3. The number of hydrogen-bond acceptors (Lipinski definition) is 5. The molecular formula is C26H22ClFN5O4+. The van der Waals surface area contributed by atoms with Gasteiger partial charge in [-0.1, -0.05) is 28.9 Å². The molecule has 1 saturated heterocycles. The summed E-state index contributed by atoms with van der Waals surface area (Å²) in [7, 11) is 0. The van der Waals surface area contributed by atoms with Gasteiger partial charge in [-0.05, 0) is 48.5 Å². The molecule has 3 aromatic carbocycles. The predicted octanol–water partition coefficient (Wildman–Crippen LogP) is 3.74. The SMILES string of the molecule is O=C(CCC(=O)c1ccc(Cl)cc1)NC[C@H]1CN(c2ccc(-[n+]3[nH]nc4ccccc43)c(F)c2)C(=O)O1. The summed E-state index contributed by atoms with van der Waals surface area (Å²) in [6.45, 7) is 0.217. The van der Waals surface area contributed by atoms with Crippen molar-refractivity contribution >= 4 is 46.1 Å². The lowest BCUT2D eigenvalue weighted by Crippen LogP contribution is -2.35. The molecule has 0 saturated carbocycles. The van der Waals surface area contributed by atoms with Gasteiger partial charge in [-0.2, -0.15) is 0 Å². The van der Waals surface area contributed by atoms with Crippen LogP contribution in [0.3, 0.4) is 0 Å². The number of fused-ring (bicyclic) bond motifs is 1. The van der Waals surface area contributed by atoms with E-state index < -0.39 is 18.0 Å². The van der Waals surface area contributed by atoms with E-state index in [0.29, 0.717) is 27.3 Å². The highest BCUT2D eigenvalue weighted by Crippen LogP contribution is 2.24. The number of para-hydroxylation sites is 2. The second kappa shape index (κ2) is 10.4. The van der Waals surface area contributed by atoms with Crippen molar-refractivity contribution in [1.29, 1.82) is 0 Å². The van der Waals surface area contributed by atoms with Crippen molar-refractivity contribution < 1.29 is 28.2 Å². The molecule has 1 aromatic heterocycles. The second-order valence-corrected chi connectivity index (χ2v) is 8.96. The molecule has 4 aromatic rings. The molecule has 1 atom stereocenters. The van der Waals surface area contributed by atoms with Crippen LogP contribution in [-0.4, -0.2) is 47.3 Å². The molecule has 0 unspecified atom stereocenters. The number of ketones is 1. The van der Waals surface area contributed by atoms with Gasteiger partial charge in [0.2, 0.25) is 16.9 Å². The van der Waals surface area contributed by atoms with Crippen molar-refractivity contribution in [2.75, 3.05) is 18.0 Å². The topological polar surface area (TPSA) is 108 Å². The summed E-state index contributed by atoms with van der Waals surface area (Å²) < 4.78 is 21.9. The van der Waals surface area contributed by atoms with Crippen LogP contribution in [0.1, 0.15) is 23.2 Å². The summed E-state index contributed by atoms with van der Waals surface area (Å²) in [6.07, 6.45) is -1.21. The Morgan fingerprint density at radius 1 is 1.14 bits per heavy atom. The molecule has 0 bridgehead atoms. The smallest absolute Gasteiger partial charge is 0.414 e. The Labute approximate surface area is 215 Å². The van der Waals surface area contributed by atoms with Crippen LogP contribution >= 0.6 is 11.6 Å². The van der Waals surface area contributed by atoms with E-state index in [0.717, 1.165) is 0 Å². The fourth-order valence-corrected chi connectivity index (χ4v) is 4.22. The fraction of sp³-hybridized carbons (Fsp3) is 0.192. The van der Waals surface area contributed by atoms with Gasteiger partial charge in [-0.25, -0.2) is 9.18 Å². The van der Waals surface area contributed by atoms with Crippen molar-refractivity contribution in [3.8, 4) is 5.69 Å². The van der Waals surface area contributed by atoms with E-state index in [1.54, 1.807) is 36.4 Å². The van der Waals surface area contributed by atoms with Crippen LogP contribution in [-0.2, 0) is 9.53 Å². The van der Waals surface area contributed by atoms with Gasteiger partial charge in [0.25, 0.3) is 0 Å². The third-order valence-electron chi connectivity index (χ3n) is 6.02. The Morgan fingerprint density at radius 2 is 1.92 bits per heavy atom. The van der Waals surface area contributed by atoms with Gasteiger partial charge in [0.1, 0.15) is 6.10 Å². The summed E-state index contributed by atoms with van der Waals surface area (Å²) in [5.41, 5.74) is 2.46. The molecule has 2 N–H and O–H groups in total. The molecule has 5 rings (SSSR count). The third-order valence-corrected chi connectivity index (χ3v) is 6.28. The van der Waals surface area contributed by atoms with Crippen LogP contribution in [0, 0.1) is 5.82 Å². The van der Waals surface area contributed by atoms with E-state index in [9.17, 15) is 14.4 Å². The minimum absolute atomic E-state index is 0.00152. The van der Waals surface area contributed by atoms with E-state index in [1.807, 2.05) is 24.3 Å². The summed E-state index contributed by atoms with van der Waals surface area (Å²) in [5, 5.41) is 10.2. The van der Waals surface area contributed by atoms with Crippen LogP contribution in [0.25, 0.3) is 16.7 Å². The van der Waals surface area contributed by atoms with Gasteiger partial charge in [0, 0.05) is 34.6 Å². The lowest BCUT2D eigenvalue weighted by Gasteiger charge is -2.13. The highest BCUT2D eigenvalue weighted by Gasteiger charge is 2.33. The molecule has 188 valence electrons. The maximum Gasteiger partial charge on any atom is 0.414 e. The standard InChI is InChI=1S/C26H21ClFN5O4/c27-17-7-5-16(6-8-17)24(34)11-12-25(35)29-14-19-15-32(26(36)37-19)18-9-10-22(20(28)13-18)33-23-4-2-1-3-21(23)30-31-33/h1-10,13,19H,11-12,14-15H2,(H,29,35)/p+1/t19-/m0/s1. The van der Waals surface area contributed by atoms with Crippen LogP contribution in [0.2, 0.25) is 5.02 Å². The number of nitrogens with one attached hydrogen (secondary N) is 2. The zero-order valence-corrected chi connectivity index (χ0v) is 20.2. The number of aromatic nitrogens is 3. The lowest BCUT2D eigenvalue weighted by molar-refractivity contribution is -0.636. The van der Waals surface area contributed by atoms with Gasteiger partial charge >= 0.3 is 6.09 Å². The number of halogens is 2. The fourth-order valence-electron chi connectivity index (χ4n) is 4.10. The highest BCUT2D eigenvalue weighted by molar-refractivity contribution is 6.30. The van der Waals surface area contributed by atoms with E-state index in [-0.39, 0.29) is 43.3 Å². The second-order valence-electron chi connectivity index (χ2n) is 8.52. The molecule has 1 aliphatic rings. The largest absolute Gasteiger partial charge is 0.442 e. The number of carbonyl (C=O) groups is 3. The van der Waals surface area contributed by atoms with E-state index >= 15 is 4.39 Å². The van der Waals surface area contributed by atoms with Crippen molar-refractivity contribution in [3.05, 3.63) is 83.1 Å². The number of rotatable bonds is 8. The number of benzene rings is 3. The van der Waals surface area contributed by atoms with E-state index in [1.165, 1.54) is 15.6 Å². The lowest BCUT2D eigenvalue weighted by atomic mass is 10.1. The number of anilines is 1. The average molecular weight is 523 g/mol. The zero-order chi connectivity index (χ0) is 25.9. The van der Waals surface area contributed by atoms with Crippen LogP contribution < -0.4 is 14.9 Å². The Balaban J connectivity index is 1.16. The monoisotopic (exact) mass is 522 g/mol. The molecule has 2 amide bonds. The Hall–Kier alpha value is -4.31. The summed E-state index contributed by atoms with van der Waals surface area (Å²) in [5.74, 6) is -1.06. The van der Waals surface area contributed by atoms with Crippen molar-refractivity contribution in [2.24, 2.45) is 0 Å². The molecule has 9 nitrogen and oxygen atoms in total. The van der Waals surface area contributed by atoms with Crippen molar-refractivity contribution in [1.82, 2.24) is 15.6 Å². The number of cyclic esters (lactones) is 1. The number of hydrogen-bond donors (Lipinski definition) is 2.